The number of nitrogens with zero attached hydrogens (tertiary/aromatic N) is 3. The Kier molecular flexibility index (Phi) is 7.88. The number of rotatable bonds is 11. The first-order valence-electron chi connectivity index (χ1n) is 12.0. The summed E-state index contributed by atoms with van der Waals surface area (Å²) in [5, 5.41) is 15.7. The van der Waals surface area contributed by atoms with Gasteiger partial charge in [-0.2, -0.15) is 5.10 Å². The lowest BCUT2D eigenvalue weighted by Crippen LogP contribution is -2.38. The summed E-state index contributed by atoms with van der Waals surface area (Å²) in [7, 11) is 1.64. The van der Waals surface area contributed by atoms with E-state index in [9.17, 15) is 5.11 Å². The number of para-hydroxylation sites is 1. The van der Waals surface area contributed by atoms with Crippen molar-refractivity contribution >= 4 is 0 Å². The molecule has 6 heteroatoms. The highest BCUT2D eigenvalue weighted by Crippen LogP contribution is 2.33. The van der Waals surface area contributed by atoms with Crippen molar-refractivity contribution in [2.75, 3.05) is 13.7 Å². The SMILES string of the molecule is C=CC(C)(O)CN(Cc1ccccc1)Cc1c(C)nn(-c2ccccc2)c1Oc1ccc(OC)cc1. The monoisotopic (exact) mass is 483 g/mol. The summed E-state index contributed by atoms with van der Waals surface area (Å²) in [6, 6.07) is 27.7. The highest BCUT2D eigenvalue weighted by Gasteiger charge is 2.25. The fourth-order valence-electron chi connectivity index (χ4n) is 4.08. The van der Waals surface area contributed by atoms with Crippen LogP contribution in [-0.4, -0.2) is 39.0 Å². The van der Waals surface area contributed by atoms with E-state index in [4.69, 9.17) is 14.6 Å². The maximum absolute atomic E-state index is 10.8. The number of aliphatic hydroxyl groups is 1. The topological polar surface area (TPSA) is 59.8 Å². The molecule has 36 heavy (non-hydrogen) atoms. The van der Waals surface area contributed by atoms with E-state index in [1.54, 1.807) is 20.1 Å². The number of aryl methyl sites for hydroxylation is 1. The Morgan fingerprint density at radius 2 is 1.56 bits per heavy atom. The minimum Gasteiger partial charge on any atom is -0.497 e. The molecule has 0 bridgehead atoms. The summed E-state index contributed by atoms with van der Waals surface area (Å²) in [5.74, 6) is 2.08. The Morgan fingerprint density at radius 1 is 0.944 bits per heavy atom. The molecule has 4 rings (SSSR count). The number of ether oxygens (including phenoxy) is 2. The first-order chi connectivity index (χ1) is 17.4. The number of aromatic nitrogens is 2. The molecule has 0 fully saturated rings. The maximum atomic E-state index is 10.8. The fourth-order valence-corrected chi connectivity index (χ4v) is 4.08. The van der Waals surface area contributed by atoms with E-state index in [1.807, 2.05) is 84.4 Å². The average Bonchev–Trinajstić information content (AvgIpc) is 3.20. The molecule has 186 valence electrons. The lowest BCUT2D eigenvalue weighted by Gasteiger charge is -2.30. The molecule has 0 aliphatic carbocycles. The minimum absolute atomic E-state index is 0.406. The second kappa shape index (κ2) is 11.2. The molecule has 0 aliphatic heterocycles. The zero-order valence-corrected chi connectivity index (χ0v) is 21.1. The Morgan fingerprint density at radius 3 is 2.17 bits per heavy atom. The molecule has 0 spiro atoms. The number of methoxy groups -OCH3 is 1. The zero-order chi connectivity index (χ0) is 25.5. The van der Waals surface area contributed by atoms with Crippen LogP contribution in [0, 0.1) is 6.92 Å². The number of hydrogen-bond donors (Lipinski definition) is 1. The van der Waals surface area contributed by atoms with E-state index in [-0.39, 0.29) is 0 Å². The molecule has 0 saturated carbocycles. The Bertz CT molecular complexity index is 1270. The third-order valence-corrected chi connectivity index (χ3v) is 6.03. The molecular formula is C30H33N3O3. The van der Waals surface area contributed by atoms with Gasteiger partial charge in [-0.25, -0.2) is 4.68 Å². The molecule has 1 atom stereocenters. The molecule has 1 aromatic heterocycles. The van der Waals surface area contributed by atoms with Crippen LogP contribution in [0.25, 0.3) is 5.69 Å². The van der Waals surface area contributed by atoms with Gasteiger partial charge in [0.1, 0.15) is 11.5 Å². The number of hydrogen-bond acceptors (Lipinski definition) is 5. The van der Waals surface area contributed by atoms with Crippen molar-refractivity contribution in [1.29, 1.82) is 0 Å². The fraction of sp³-hybridized carbons (Fsp3) is 0.233. The molecule has 1 heterocycles. The third kappa shape index (κ3) is 6.22. The van der Waals surface area contributed by atoms with E-state index in [1.165, 1.54) is 0 Å². The summed E-state index contributed by atoms with van der Waals surface area (Å²) in [6.07, 6.45) is 1.58. The minimum atomic E-state index is -1.05. The normalized spacial score (nSPS) is 12.8. The van der Waals surface area contributed by atoms with Gasteiger partial charge >= 0.3 is 0 Å². The average molecular weight is 484 g/mol. The summed E-state index contributed by atoms with van der Waals surface area (Å²) < 4.78 is 13.6. The lowest BCUT2D eigenvalue weighted by molar-refractivity contribution is 0.0552. The molecule has 1 unspecified atom stereocenters. The van der Waals surface area contributed by atoms with Gasteiger partial charge in [0.15, 0.2) is 0 Å². The molecule has 1 N–H and O–H groups in total. The van der Waals surface area contributed by atoms with Crippen LogP contribution in [0.4, 0.5) is 0 Å². The smallest absolute Gasteiger partial charge is 0.227 e. The Hall–Kier alpha value is -3.87. The molecular weight excluding hydrogens is 450 g/mol. The van der Waals surface area contributed by atoms with E-state index in [2.05, 4.69) is 23.6 Å². The number of benzene rings is 3. The summed E-state index contributed by atoms with van der Waals surface area (Å²) in [6.45, 7) is 9.17. The first kappa shape index (κ1) is 25.2. The highest BCUT2D eigenvalue weighted by atomic mass is 16.5. The standard InChI is InChI=1S/C30H33N3O3/c1-5-30(3,34)22-32(20-24-12-8-6-9-13-24)21-28-23(2)31-33(25-14-10-7-11-15-25)29(28)36-27-18-16-26(35-4)17-19-27/h5-19,34H,1,20-22H2,2-4H3. The predicted octanol–water partition coefficient (Wildman–Crippen LogP) is 5.92. The van der Waals surface area contributed by atoms with E-state index in [0.717, 1.165) is 28.3 Å². The van der Waals surface area contributed by atoms with Crippen LogP contribution in [0.1, 0.15) is 23.7 Å². The molecule has 4 aromatic rings. The van der Waals surface area contributed by atoms with Gasteiger partial charge in [-0.3, -0.25) is 4.90 Å². The first-order valence-corrected chi connectivity index (χ1v) is 12.0. The van der Waals surface area contributed by atoms with Gasteiger partial charge in [-0.1, -0.05) is 54.6 Å². The lowest BCUT2D eigenvalue weighted by atomic mass is 10.1. The van der Waals surface area contributed by atoms with E-state index >= 15 is 0 Å². The van der Waals surface area contributed by atoms with Gasteiger partial charge < -0.3 is 14.6 Å². The van der Waals surface area contributed by atoms with Gasteiger partial charge in [-0.15, -0.1) is 6.58 Å². The van der Waals surface area contributed by atoms with Gasteiger partial charge in [0, 0.05) is 19.6 Å². The molecule has 6 nitrogen and oxygen atoms in total. The highest BCUT2D eigenvalue weighted by molar-refractivity contribution is 5.44. The van der Waals surface area contributed by atoms with Crippen molar-refractivity contribution in [2.45, 2.75) is 32.5 Å². The van der Waals surface area contributed by atoms with Crippen molar-refractivity contribution in [2.24, 2.45) is 0 Å². The predicted molar refractivity (Wildman–Crippen MR) is 143 cm³/mol. The molecule has 0 radical (unpaired) electrons. The maximum Gasteiger partial charge on any atom is 0.227 e. The molecule has 0 saturated heterocycles. The summed E-state index contributed by atoms with van der Waals surface area (Å²) >= 11 is 0. The van der Waals surface area contributed by atoms with Gasteiger partial charge in [-0.05, 0) is 55.8 Å². The molecule has 0 amide bonds. The second-order valence-corrected chi connectivity index (χ2v) is 9.09. The molecule has 3 aromatic carbocycles. The van der Waals surface area contributed by atoms with Crippen LogP contribution >= 0.6 is 0 Å². The van der Waals surface area contributed by atoms with Crippen LogP contribution in [0.3, 0.4) is 0 Å². The van der Waals surface area contributed by atoms with Crippen molar-refractivity contribution in [3.8, 4) is 23.1 Å². The Balaban J connectivity index is 1.74. The zero-order valence-electron chi connectivity index (χ0n) is 21.1. The van der Waals surface area contributed by atoms with E-state index < -0.39 is 5.60 Å². The summed E-state index contributed by atoms with van der Waals surface area (Å²) in [4.78, 5) is 2.19. The van der Waals surface area contributed by atoms with Crippen LogP contribution < -0.4 is 9.47 Å². The van der Waals surface area contributed by atoms with Gasteiger partial charge in [0.25, 0.3) is 0 Å². The second-order valence-electron chi connectivity index (χ2n) is 9.09. The quantitative estimate of drug-likeness (QED) is 0.268. The van der Waals surface area contributed by atoms with Crippen LogP contribution in [0.2, 0.25) is 0 Å². The van der Waals surface area contributed by atoms with Crippen LogP contribution in [0.5, 0.6) is 17.4 Å². The van der Waals surface area contributed by atoms with Crippen molar-refractivity contribution in [1.82, 2.24) is 14.7 Å². The van der Waals surface area contributed by atoms with E-state index in [0.29, 0.717) is 31.3 Å². The molecule has 0 aliphatic rings. The third-order valence-electron chi connectivity index (χ3n) is 6.03. The van der Waals surface area contributed by atoms with Crippen molar-refractivity contribution in [3.05, 3.63) is 114 Å². The van der Waals surface area contributed by atoms with Crippen LogP contribution in [-0.2, 0) is 13.1 Å². The largest absolute Gasteiger partial charge is 0.497 e. The van der Waals surface area contributed by atoms with Crippen molar-refractivity contribution in [3.63, 3.8) is 0 Å². The van der Waals surface area contributed by atoms with Gasteiger partial charge in [0.05, 0.1) is 29.7 Å². The van der Waals surface area contributed by atoms with Crippen LogP contribution in [0.15, 0.2) is 97.6 Å². The Labute approximate surface area is 213 Å². The summed E-state index contributed by atoms with van der Waals surface area (Å²) in [5.41, 5.74) is 2.82. The van der Waals surface area contributed by atoms with Crippen molar-refractivity contribution < 1.29 is 14.6 Å². The van der Waals surface area contributed by atoms with Gasteiger partial charge in [0.2, 0.25) is 5.88 Å².